The Balaban J connectivity index is 1.48. The van der Waals surface area contributed by atoms with E-state index in [1.165, 1.54) is 17.0 Å². The Kier molecular flexibility index (Phi) is 12.0. The second-order valence-corrected chi connectivity index (χ2v) is 14.2. The van der Waals surface area contributed by atoms with Crippen LogP contribution in [-0.2, 0) is 26.2 Å². The van der Waals surface area contributed by atoms with Gasteiger partial charge in [-0.25, -0.2) is 8.42 Å². The number of carbonyl (C=O) groups excluding carboxylic acids is 2. The van der Waals surface area contributed by atoms with E-state index in [-0.39, 0.29) is 23.4 Å². The molecule has 9 nitrogen and oxygen atoms in total. The van der Waals surface area contributed by atoms with Crippen LogP contribution in [0.4, 0.5) is 5.69 Å². The molecule has 49 heavy (non-hydrogen) atoms. The van der Waals surface area contributed by atoms with E-state index in [2.05, 4.69) is 5.32 Å². The first-order chi connectivity index (χ1) is 23.7. The fourth-order valence-corrected chi connectivity index (χ4v) is 7.48. The van der Waals surface area contributed by atoms with Crippen molar-refractivity contribution in [3.05, 3.63) is 114 Å². The molecule has 4 aromatic carbocycles. The molecule has 2 amide bonds. The van der Waals surface area contributed by atoms with Crippen molar-refractivity contribution in [2.45, 2.75) is 75.9 Å². The minimum Gasteiger partial charge on any atom is -0.497 e. The van der Waals surface area contributed by atoms with Crippen molar-refractivity contribution in [3.63, 3.8) is 0 Å². The summed E-state index contributed by atoms with van der Waals surface area (Å²) in [7, 11) is -2.62. The maximum atomic E-state index is 14.5. The zero-order valence-corrected chi connectivity index (χ0v) is 29.2. The molecule has 0 radical (unpaired) electrons. The van der Waals surface area contributed by atoms with Gasteiger partial charge in [-0.1, -0.05) is 74.2 Å². The zero-order valence-electron chi connectivity index (χ0n) is 28.4. The number of amides is 2. The van der Waals surface area contributed by atoms with Gasteiger partial charge in [0.25, 0.3) is 10.0 Å². The highest BCUT2D eigenvalue weighted by Gasteiger charge is 2.34. The number of nitrogens with zero attached hydrogens (tertiary/aromatic N) is 2. The molecule has 0 saturated heterocycles. The average Bonchev–Trinajstić information content (AvgIpc) is 3.12. The van der Waals surface area contributed by atoms with E-state index in [1.807, 2.05) is 56.3 Å². The topological polar surface area (TPSA) is 105 Å². The Morgan fingerprint density at radius 1 is 0.816 bits per heavy atom. The van der Waals surface area contributed by atoms with E-state index in [0.717, 1.165) is 47.5 Å². The van der Waals surface area contributed by atoms with Gasteiger partial charge in [-0.2, -0.15) is 0 Å². The summed E-state index contributed by atoms with van der Waals surface area (Å²) in [5, 5.41) is 3.18. The highest BCUT2D eigenvalue weighted by atomic mass is 32.2. The molecule has 0 bridgehead atoms. The smallest absolute Gasteiger partial charge is 0.264 e. The zero-order chi connectivity index (χ0) is 34.8. The number of methoxy groups -OCH3 is 1. The van der Waals surface area contributed by atoms with E-state index in [4.69, 9.17) is 9.47 Å². The van der Waals surface area contributed by atoms with Crippen molar-refractivity contribution in [2.24, 2.45) is 0 Å². The van der Waals surface area contributed by atoms with Crippen LogP contribution in [0.1, 0.15) is 56.6 Å². The van der Waals surface area contributed by atoms with Crippen molar-refractivity contribution in [3.8, 4) is 17.2 Å². The lowest BCUT2D eigenvalue weighted by Crippen LogP contribution is -2.54. The number of rotatable bonds is 14. The normalized spacial score (nSPS) is 14.0. The fraction of sp³-hybridized carbons (Fsp3) is 0.333. The molecule has 0 aliphatic heterocycles. The largest absolute Gasteiger partial charge is 0.497 e. The van der Waals surface area contributed by atoms with Gasteiger partial charge in [-0.05, 0) is 92.4 Å². The first-order valence-corrected chi connectivity index (χ1v) is 18.3. The molecule has 0 spiro atoms. The third-order valence-corrected chi connectivity index (χ3v) is 10.6. The average molecular weight is 684 g/mol. The number of para-hydroxylation sites is 1. The summed E-state index contributed by atoms with van der Waals surface area (Å²) >= 11 is 0. The number of benzene rings is 4. The Morgan fingerprint density at radius 2 is 1.43 bits per heavy atom. The summed E-state index contributed by atoms with van der Waals surface area (Å²) in [6, 6.07) is 28.9. The van der Waals surface area contributed by atoms with Gasteiger partial charge >= 0.3 is 0 Å². The predicted octanol–water partition coefficient (Wildman–Crippen LogP) is 7.25. The van der Waals surface area contributed by atoms with Crippen LogP contribution in [0.15, 0.2) is 108 Å². The molecule has 10 heteroatoms. The lowest BCUT2D eigenvalue weighted by molar-refractivity contribution is -0.140. The van der Waals surface area contributed by atoms with Crippen molar-refractivity contribution < 1.29 is 27.5 Å². The summed E-state index contributed by atoms with van der Waals surface area (Å²) in [6.07, 6.45) is 5.42. The van der Waals surface area contributed by atoms with Crippen LogP contribution in [-0.4, -0.2) is 50.9 Å². The van der Waals surface area contributed by atoms with Crippen LogP contribution in [0.3, 0.4) is 0 Å². The second-order valence-electron chi connectivity index (χ2n) is 12.4. The lowest BCUT2D eigenvalue weighted by atomic mass is 9.95. The minimum absolute atomic E-state index is 0.0549. The molecule has 0 heterocycles. The molecule has 1 fully saturated rings. The van der Waals surface area contributed by atoms with E-state index in [0.29, 0.717) is 29.4 Å². The number of sulfonamides is 1. The van der Waals surface area contributed by atoms with Gasteiger partial charge in [0.2, 0.25) is 11.8 Å². The summed E-state index contributed by atoms with van der Waals surface area (Å²) < 4.78 is 40.9. The van der Waals surface area contributed by atoms with Crippen molar-refractivity contribution in [1.29, 1.82) is 0 Å². The van der Waals surface area contributed by atoms with Crippen molar-refractivity contribution in [1.82, 2.24) is 10.2 Å². The molecule has 5 rings (SSSR count). The van der Waals surface area contributed by atoms with Crippen LogP contribution < -0.4 is 19.1 Å². The molecule has 1 N–H and O–H groups in total. The van der Waals surface area contributed by atoms with E-state index >= 15 is 0 Å². The Hall–Kier alpha value is -4.83. The standard InChI is InChI=1S/C39H45N3O6S/c1-4-37(39(44)40-31-11-7-5-8-12-31)41(27-30-17-21-33(47-3)22-18-30)38(43)28-42(49(45,46)36-25-15-29(2)16-26-36)32-19-23-35(24-20-32)48-34-13-9-6-10-14-34/h6,9-10,13-26,31,37H,4-5,7-8,11-12,27-28H2,1-3H3,(H,40,44)/t37-/m0/s1. The maximum Gasteiger partial charge on any atom is 0.264 e. The van der Waals surface area contributed by atoms with Crippen molar-refractivity contribution in [2.75, 3.05) is 18.0 Å². The third-order valence-electron chi connectivity index (χ3n) is 8.84. The van der Waals surface area contributed by atoms with E-state index in [1.54, 1.807) is 55.6 Å². The number of anilines is 1. The molecule has 258 valence electrons. The van der Waals surface area contributed by atoms with Gasteiger partial charge < -0.3 is 19.7 Å². The van der Waals surface area contributed by atoms with E-state index in [9.17, 15) is 18.0 Å². The quantitative estimate of drug-likeness (QED) is 0.150. The molecule has 4 aromatic rings. The highest BCUT2D eigenvalue weighted by molar-refractivity contribution is 7.92. The van der Waals surface area contributed by atoms with Crippen LogP contribution >= 0.6 is 0 Å². The number of hydrogen-bond donors (Lipinski definition) is 1. The number of hydrogen-bond acceptors (Lipinski definition) is 6. The number of aryl methyl sites for hydroxylation is 1. The molecule has 1 aliphatic rings. The van der Waals surface area contributed by atoms with Gasteiger partial charge in [-0.15, -0.1) is 0 Å². The lowest BCUT2D eigenvalue weighted by Gasteiger charge is -2.34. The molecular formula is C39H45N3O6S. The van der Waals surface area contributed by atoms with Crippen LogP contribution in [0.2, 0.25) is 0 Å². The summed E-state index contributed by atoms with van der Waals surface area (Å²) in [5.74, 6) is 1.09. The van der Waals surface area contributed by atoms with Gasteiger partial charge in [0.1, 0.15) is 29.8 Å². The summed E-state index contributed by atoms with van der Waals surface area (Å²) in [6.45, 7) is 3.34. The summed E-state index contributed by atoms with van der Waals surface area (Å²) in [5.41, 5.74) is 1.98. The second kappa shape index (κ2) is 16.5. The Labute approximate surface area is 289 Å². The predicted molar refractivity (Wildman–Crippen MR) is 191 cm³/mol. The molecular weight excluding hydrogens is 639 g/mol. The van der Waals surface area contributed by atoms with Gasteiger partial charge in [0.15, 0.2) is 0 Å². The fourth-order valence-electron chi connectivity index (χ4n) is 6.06. The third kappa shape index (κ3) is 9.20. The monoisotopic (exact) mass is 683 g/mol. The molecule has 0 unspecified atom stereocenters. The Morgan fingerprint density at radius 3 is 2.04 bits per heavy atom. The molecule has 0 aromatic heterocycles. The highest BCUT2D eigenvalue weighted by Crippen LogP contribution is 2.29. The van der Waals surface area contributed by atoms with E-state index < -0.39 is 28.5 Å². The van der Waals surface area contributed by atoms with Gasteiger partial charge in [0.05, 0.1) is 17.7 Å². The molecule has 1 aliphatic carbocycles. The van der Waals surface area contributed by atoms with Crippen LogP contribution in [0.25, 0.3) is 0 Å². The summed E-state index contributed by atoms with van der Waals surface area (Å²) in [4.78, 5) is 29.8. The first kappa shape index (κ1) is 35.5. The number of ether oxygens (including phenoxy) is 2. The van der Waals surface area contributed by atoms with Crippen molar-refractivity contribution >= 4 is 27.5 Å². The number of nitrogens with one attached hydrogen (secondary N) is 1. The maximum absolute atomic E-state index is 14.5. The first-order valence-electron chi connectivity index (χ1n) is 16.8. The van der Waals surface area contributed by atoms with Gasteiger partial charge in [0, 0.05) is 12.6 Å². The van der Waals surface area contributed by atoms with Crippen LogP contribution in [0, 0.1) is 6.92 Å². The minimum atomic E-state index is -4.20. The molecule has 1 atom stereocenters. The number of carbonyl (C=O) groups is 2. The SMILES string of the molecule is CC[C@@H](C(=O)NC1CCCCC1)N(Cc1ccc(OC)cc1)C(=O)CN(c1ccc(Oc2ccccc2)cc1)S(=O)(=O)c1ccc(C)cc1. The van der Waals surface area contributed by atoms with Crippen LogP contribution in [0.5, 0.6) is 17.2 Å². The van der Waals surface area contributed by atoms with Gasteiger partial charge in [-0.3, -0.25) is 13.9 Å². The molecule has 1 saturated carbocycles. The Bertz CT molecular complexity index is 1770.